The molecule has 0 aliphatic heterocycles. The third-order valence-corrected chi connectivity index (χ3v) is 1.77. The monoisotopic (exact) mass is 220 g/mol. The van der Waals surface area contributed by atoms with Gasteiger partial charge in [-0.2, -0.15) is 0 Å². The number of hydrogen-bond acceptors (Lipinski definition) is 3. The Morgan fingerprint density at radius 1 is 1.00 bits per heavy atom. The molecule has 0 unspecified atom stereocenters. The zero-order chi connectivity index (χ0) is 11.1. The predicted octanol–water partition coefficient (Wildman–Crippen LogP) is 0.800. The Morgan fingerprint density at radius 2 is 1.46 bits per heavy atom. The summed E-state index contributed by atoms with van der Waals surface area (Å²) in [5.41, 5.74) is 0. The van der Waals surface area contributed by atoms with E-state index in [9.17, 15) is 0 Å². The van der Waals surface area contributed by atoms with E-state index in [0.717, 1.165) is 0 Å². The van der Waals surface area contributed by atoms with Crippen molar-refractivity contribution in [3.05, 3.63) is 10.5 Å². The molecule has 0 bridgehead atoms. The van der Waals surface area contributed by atoms with Crippen LogP contribution in [-0.4, -0.2) is 20.4 Å². The Labute approximate surface area is 87.4 Å². The van der Waals surface area contributed by atoms with Crippen LogP contribution in [0, 0.1) is 0 Å². The molecule has 0 N–H and O–H groups in total. The van der Waals surface area contributed by atoms with Crippen molar-refractivity contribution < 1.29 is 30.4 Å². The van der Waals surface area contributed by atoms with E-state index < -0.39 is 0 Å². The van der Waals surface area contributed by atoms with Gasteiger partial charge in [0.25, 0.3) is 20.4 Å². The average Bonchev–Trinajstić information content (AvgIpc) is 2.28. The van der Waals surface area contributed by atoms with Crippen LogP contribution in [0.3, 0.4) is 0 Å². The summed E-state index contributed by atoms with van der Waals surface area (Å²) in [7, 11) is 0. The Hall–Kier alpha value is -0.731. The minimum absolute atomic E-state index is 1.26. The van der Waals surface area contributed by atoms with Crippen LogP contribution in [0.5, 0.6) is 0 Å². The van der Waals surface area contributed by atoms with Crippen molar-refractivity contribution in [3.63, 3.8) is 0 Å². The molecule has 0 atom stereocenters. The van der Waals surface area contributed by atoms with Crippen LogP contribution in [0.15, 0.2) is 10.5 Å². The molecule has 0 heterocycles. The second-order valence-corrected chi connectivity index (χ2v) is 2.65. The summed E-state index contributed by atoms with van der Waals surface area (Å²) in [6, 6.07) is 0. The molecule has 1 rings (SSSR count). The molecule has 6 radical (unpaired) electrons. The van der Waals surface area contributed by atoms with E-state index in [1.165, 1.54) is 30.2 Å². The van der Waals surface area contributed by atoms with E-state index in [2.05, 4.69) is 42.5 Å². The predicted molar refractivity (Wildman–Crippen MR) is 43.6 cm³/mol. The molecule has 0 amide bonds. The van der Waals surface area contributed by atoms with Gasteiger partial charge in [0.05, 0.1) is 0 Å². The first kappa shape index (κ1) is 18.1. The van der Waals surface area contributed by atoms with Gasteiger partial charge in [0.15, 0.2) is 0 Å². The van der Waals surface area contributed by atoms with Crippen LogP contribution >= 0.6 is 0 Å². The van der Waals surface area contributed by atoms with Crippen LogP contribution in [0.25, 0.3) is 0 Å². The van der Waals surface area contributed by atoms with Crippen molar-refractivity contribution in [2.45, 2.75) is 25.7 Å². The van der Waals surface area contributed by atoms with Gasteiger partial charge in [-0.15, -0.1) is 0 Å². The fourth-order valence-corrected chi connectivity index (χ4v) is 1.18. The molecule has 1 aliphatic rings. The first-order valence-electron chi connectivity index (χ1n) is 3.35. The zero-order valence-electron chi connectivity index (χ0n) is 7.01. The summed E-state index contributed by atoms with van der Waals surface area (Å²) in [6.45, 7) is 13.5. The summed E-state index contributed by atoms with van der Waals surface area (Å²) >= 11 is 3.45. The summed E-state index contributed by atoms with van der Waals surface area (Å²) in [5.74, 6) is 0. The number of allylic oxidation sites excluding steroid dienone is 2. The first-order valence-corrected chi connectivity index (χ1v) is 3.94. The summed E-state index contributed by atoms with van der Waals surface area (Å²) < 4.78 is 1.40. The third-order valence-electron chi connectivity index (χ3n) is 1.24. The van der Waals surface area contributed by atoms with Crippen LogP contribution in [0.2, 0.25) is 0 Å². The standard InChI is InChI=1S/C6H9.3CO.Mn/c1-2-4-6-5-3-1;3*1-2;/h1H,2,4-6H2;;;;. The van der Waals surface area contributed by atoms with Gasteiger partial charge >= 0.3 is 52.2 Å². The van der Waals surface area contributed by atoms with Crippen molar-refractivity contribution in [2.75, 3.05) is 0 Å². The summed E-state index contributed by atoms with van der Waals surface area (Å²) in [6.07, 6.45) is 7.57. The van der Waals surface area contributed by atoms with E-state index >= 15 is 0 Å². The molecule has 4 heteroatoms. The van der Waals surface area contributed by atoms with Gasteiger partial charge in [0.1, 0.15) is 0 Å². The van der Waals surface area contributed by atoms with Crippen molar-refractivity contribution in [1.29, 1.82) is 0 Å². The quantitative estimate of drug-likeness (QED) is 0.567. The maximum atomic E-state index is 7.50. The van der Waals surface area contributed by atoms with Crippen molar-refractivity contribution in [3.8, 4) is 0 Å². The molecule has 0 spiro atoms. The van der Waals surface area contributed by atoms with E-state index in [1.54, 1.807) is 0 Å². The van der Waals surface area contributed by atoms with Gasteiger partial charge in [-0.1, -0.05) is 0 Å². The molecule has 0 aromatic heterocycles. The normalized spacial score (nSPS) is 12.5. The number of hydrogen-bond donors (Lipinski definition) is 0. The molecule has 0 aromatic carbocycles. The third kappa shape index (κ3) is 18.3. The molecule has 3 nitrogen and oxygen atoms in total. The Balaban J connectivity index is -0.000000144. The Kier molecular flexibility index (Phi) is 31.4. The molecule has 0 fully saturated rings. The van der Waals surface area contributed by atoms with Gasteiger partial charge in [-0.05, 0) is 0 Å². The topological polar surface area (TPSA) is 51.2 Å². The summed E-state index contributed by atoms with van der Waals surface area (Å²) in [4.78, 5) is 22.5. The van der Waals surface area contributed by atoms with Crippen molar-refractivity contribution in [1.82, 2.24) is 0 Å². The van der Waals surface area contributed by atoms with Gasteiger partial charge in [0, 0.05) is 0 Å². The second-order valence-electron chi connectivity index (χ2n) is 1.90. The maximum absolute atomic E-state index is 7.50. The zero-order valence-corrected chi connectivity index (χ0v) is 8.19. The fraction of sp³-hybridized carbons (Fsp3) is 0.444. The first-order chi connectivity index (χ1) is 6.39. The molecule has 1 aliphatic carbocycles. The molecule has 0 saturated carbocycles. The van der Waals surface area contributed by atoms with Gasteiger partial charge in [-0.25, -0.2) is 0 Å². The summed E-state index contributed by atoms with van der Waals surface area (Å²) in [5, 5.41) is 0. The van der Waals surface area contributed by atoms with E-state index in [-0.39, 0.29) is 0 Å². The number of rotatable bonds is 0. The van der Waals surface area contributed by atoms with E-state index in [1.807, 2.05) is 0 Å². The minimum atomic E-state index is 1.26. The Morgan fingerprint density at radius 3 is 1.62 bits per heavy atom. The van der Waals surface area contributed by atoms with Crippen LogP contribution in [-0.2, 0) is 30.4 Å². The fourth-order valence-electron chi connectivity index (χ4n) is 0.799. The van der Waals surface area contributed by atoms with Crippen LogP contribution < -0.4 is 0 Å². The molecule has 0 saturated heterocycles. The van der Waals surface area contributed by atoms with E-state index in [0.29, 0.717) is 0 Å². The Bertz CT molecular complexity index is 121. The van der Waals surface area contributed by atoms with E-state index in [4.69, 9.17) is 14.4 Å². The van der Waals surface area contributed by atoms with Gasteiger partial charge < -0.3 is 0 Å². The second kappa shape index (κ2) is 22.5. The molecular formula is C9H9MnO3. The van der Waals surface area contributed by atoms with Gasteiger partial charge in [-0.3, -0.25) is 14.4 Å². The van der Waals surface area contributed by atoms with Crippen LogP contribution in [0.4, 0.5) is 0 Å². The van der Waals surface area contributed by atoms with Crippen molar-refractivity contribution >= 4 is 20.4 Å². The molecule has 0 aromatic rings. The molecule has 13 heavy (non-hydrogen) atoms. The van der Waals surface area contributed by atoms with Crippen LogP contribution in [0.1, 0.15) is 25.7 Å². The van der Waals surface area contributed by atoms with Gasteiger partial charge in [0.2, 0.25) is 0 Å². The average molecular weight is 220 g/mol. The number of carbonyl (C=O) groups excluding carboxylic acids is 3. The molecule has 70 valence electrons. The molecular weight excluding hydrogens is 211 g/mol. The SMILES string of the molecule is [C]=O.[C]=O.[C]=O.[Mn][C]1=CCCCC1. The van der Waals surface area contributed by atoms with Crippen molar-refractivity contribution in [2.24, 2.45) is 0 Å².